The lowest BCUT2D eigenvalue weighted by atomic mass is 10.4. The van der Waals surface area contributed by atoms with E-state index >= 15 is 0 Å². The van der Waals surface area contributed by atoms with E-state index in [4.69, 9.17) is 4.42 Å². The molecule has 1 N–H and O–H groups in total. The van der Waals surface area contributed by atoms with Gasteiger partial charge in [0.1, 0.15) is 11.5 Å². The van der Waals surface area contributed by atoms with Gasteiger partial charge in [-0.15, -0.1) is 0 Å². The average molecular weight is 231 g/mol. The molecule has 80 valence electrons. The Labute approximate surface area is 94.2 Å². The third-order valence-electron chi connectivity index (χ3n) is 1.79. The number of nitrogens with one attached hydrogen (secondary N) is 1. The Kier molecular flexibility index (Phi) is 6.23. The molecule has 1 aromatic heterocycles. The van der Waals surface area contributed by atoms with Gasteiger partial charge in [0.25, 0.3) is 0 Å². The van der Waals surface area contributed by atoms with E-state index in [2.05, 4.69) is 30.0 Å². The minimum absolute atomic E-state index is 0.842. The molecule has 0 radical (unpaired) electrons. The molecule has 0 aliphatic rings. The molecular weight excluding hydrogens is 214 g/mol. The molecule has 14 heavy (non-hydrogen) atoms. The highest BCUT2D eigenvalue weighted by molar-refractivity contribution is 7.98. The van der Waals surface area contributed by atoms with Crippen LogP contribution in [0.5, 0.6) is 0 Å². The fourth-order valence-corrected chi connectivity index (χ4v) is 1.91. The van der Waals surface area contributed by atoms with Crippen molar-refractivity contribution in [3.8, 4) is 0 Å². The van der Waals surface area contributed by atoms with Crippen molar-refractivity contribution in [3.63, 3.8) is 0 Å². The summed E-state index contributed by atoms with van der Waals surface area (Å²) in [6, 6.07) is 4.11. The van der Waals surface area contributed by atoms with Crippen molar-refractivity contribution in [1.82, 2.24) is 5.32 Å². The van der Waals surface area contributed by atoms with Crippen molar-refractivity contribution in [2.24, 2.45) is 0 Å². The maximum Gasteiger partial charge on any atom is 0.118 e. The summed E-state index contributed by atoms with van der Waals surface area (Å²) < 4.78 is 5.61. The quantitative estimate of drug-likeness (QED) is 0.729. The van der Waals surface area contributed by atoms with Crippen LogP contribution in [0.15, 0.2) is 16.5 Å². The first kappa shape index (κ1) is 12.0. The third kappa shape index (κ3) is 4.44. The zero-order chi connectivity index (χ0) is 10.2. The Hall–Kier alpha value is -0.0600. The van der Waals surface area contributed by atoms with E-state index in [0.29, 0.717) is 0 Å². The van der Waals surface area contributed by atoms with E-state index in [0.717, 1.165) is 36.1 Å². The maximum atomic E-state index is 5.61. The summed E-state index contributed by atoms with van der Waals surface area (Å²) in [7, 11) is 0. The molecule has 0 aromatic carbocycles. The summed E-state index contributed by atoms with van der Waals surface area (Å²) in [5, 5.41) is 3.34. The van der Waals surface area contributed by atoms with Crippen LogP contribution in [0.1, 0.15) is 11.5 Å². The second kappa shape index (κ2) is 7.26. The van der Waals surface area contributed by atoms with Crippen molar-refractivity contribution < 1.29 is 4.42 Å². The topological polar surface area (TPSA) is 25.2 Å². The van der Waals surface area contributed by atoms with Crippen LogP contribution < -0.4 is 5.32 Å². The minimum Gasteiger partial charge on any atom is -0.464 e. The molecule has 1 aromatic rings. The molecule has 0 unspecified atom stereocenters. The van der Waals surface area contributed by atoms with Crippen LogP contribution in [0.25, 0.3) is 0 Å². The monoisotopic (exact) mass is 231 g/mol. The molecule has 0 fully saturated rings. The summed E-state index contributed by atoms with van der Waals surface area (Å²) in [6.45, 7) is 1.88. The predicted molar refractivity (Wildman–Crippen MR) is 66.0 cm³/mol. The first-order valence-corrected chi connectivity index (χ1v) is 7.41. The van der Waals surface area contributed by atoms with Gasteiger partial charge in [-0.25, -0.2) is 0 Å². The van der Waals surface area contributed by atoms with Crippen LogP contribution >= 0.6 is 23.5 Å². The van der Waals surface area contributed by atoms with Gasteiger partial charge in [0.15, 0.2) is 0 Å². The van der Waals surface area contributed by atoms with Crippen LogP contribution in [-0.2, 0) is 12.3 Å². The molecule has 1 heterocycles. The first-order chi connectivity index (χ1) is 6.86. The van der Waals surface area contributed by atoms with Gasteiger partial charge in [0, 0.05) is 12.3 Å². The number of thioether (sulfide) groups is 2. The van der Waals surface area contributed by atoms with Gasteiger partial charge in [0.05, 0.1) is 12.3 Å². The van der Waals surface area contributed by atoms with Crippen LogP contribution in [-0.4, -0.2) is 24.8 Å². The summed E-state index contributed by atoms with van der Waals surface area (Å²) in [6.07, 6.45) is 4.20. The molecular formula is C10H17NOS2. The van der Waals surface area contributed by atoms with Gasteiger partial charge in [-0.1, -0.05) is 0 Å². The van der Waals surface area contributed by atoms with E-state index in [-0.39, 0.29) is 0 Å². The zero-order valence-electron chi connectivity index (χ0n) is 8.71. The lowest BCUT2D eigenvalue weighted by Crippen LogP contribution is -2.15. The lowest BCUT2D eigenvalue weighted by molar-refractivity contribution is 0.463. The summed E-state index contributed by atoms with van der Waals surface area (Å²) >= 11 is 3.64. The van der Waals surface area contributed by atoms with Gasteiger partial charge in [-0.3, -0.25) is 0 Å². The second-order valence-corrected chi connectivity index (χ2v) is 4.82. The molecule has 0 aliphatic heterocycles. The maximum absolute atomic E-state index is 5.61. The molecule has 0 bridgehead atoms. The standard InChI is InChI=1S/C10H17NOS2/c1-13-6-5-11-7-9-3-4-10(12-9)8-14-2/h3-4,11H,5-8H2,1-2H3. The molecule has 1 rings (SSSR count). The average Bonchev–Trinajstić information content (AvgIpc) is 2.61. The smallest absolute Gasteiger partial charge is 0.118 e. The van der Waals surface area contributed by atoms with Gasteiger partial charge in [-0.05, 0) is 24.6 Å². The van der Waals surface area contributed by atoms with E-state index in [1.165, 1.54) is 0 Å². The lowest BCUT2D eigenvalue weighted by Gasteiger charge is -2.00. The first-order valence-electron chi connectivity index (χ1n) is 4.63. The molecule has 0 amide bonds. The number of hydrogen-bond donors (Lipinski definition) is 1. The molecule has 0 saturated heterocycles. The van der Waals surface area contributed by atoms with Gasteiger partial charge >= 0.3 is 0 Å². The largest absolute Gasteiger partial charge is 0.464 e. The highest BCUT2D eigenvalue weighted by Gasteiger charge is 2.00. The van der Waals surface area contributed by atoms with Gasteiger partial charge in [-0.2, -0.15) is 23.5 Å². The highest BCUT2D eigenvalue weighted by atomic mass is 32.2. The van der Waals surface area contributed by atoms with E-state index in [9.17, 15) is 0 Å². The van der Waals surface area contributed by atoms with Crippen LogP contribution in [0.2, 0.25) is 0 Å². The molecule has 2 nitrogen and oxygen atoms in total. The third-order valence-corrected chi connectivity index (χ3v) is 2.97. The van der Waals surface area contributed by atoms with Crippen molar-refractivity contribution in [3.05, 3.63) is 23.7 Å². The predicted octanol–water partition coefficient (Wildman–Crippen LogP) is 2.60. The second-order valence-electron chi connectivity index (χ2n) is 2.97. The van der Waals surface area contributed by atoms with Crippen molar-refractivity contribution in [1.29, 1.82) is 0 Å². The zero-order valence-corrected chi connectivity index (χ0v) is 10.3. The van der Waals surface area contributed by atoms with Crippen LogP contribution in [0.4, 0.5) is 0 Å². The van der Waals surface area contributed by atoms with Crippen LogP contribution in [0.3, 0.4) is 0 Å². The molecule has 4 heteroatoms. The Morgan fingerprint density at radius 2 is 2.00 bits per heavy atom. The fraction of sp³-hybridized carbons (Fsp3) is 0.600. The Balaban J connectivity index is 2.22. The van der Waals surface area contributed by atoms with Crippen molar-refractivity contribution in [2.45, 2.75) is 12.3 Å². The van der Waals surface area contributed by atoms with E-state index in [1.54, 1.807) is 11.8 Å². The summed E-state index contributed by atoms with van der Waals surface area (Å²) in [4.78, 5) is 0. The van der Waals surface area contributed by atoms with Crippen molar-refractivity contribution in [2.75, 3.05) is 24.8 Å². The molecule has 0 spiro atoms. The summed E-state index contributed by atoms with van der Waals surface area (Å²) in [5.74, 6) is 4.22. The number of hydrogen-bond acceptors (Lipinski definition) is 4. The van der Waals surface area contributed by atoms with Crippen LogP contribution in [0, 0.1) is 0 Å². The Morgan fingerprint density at radius 1 is 1.21 bits per heavy atom. The number of rotatable bonds is 7. The molecule has 0 atom stereocenters. The minimum atomic E-state index is 0.842. The molecule has 0 aliphatic carbocycles. The number of furan rings is 1. The SMILES string of the molecule is CSCCNCc1ccc(CSC)o1. The van der Waals surface area contributed by atoms with Gasteiger partial charge in [0.2, 0.25) is 0 Å². The normalized spacial score (nSPS) is 10.7. The highest BCUT2D eigenvalue weighted by Crippen LogP contribution is 2.12. The summed E-state index contributed by atoms with van der Waals surface area (Å²) in [5.41, 5.74) is 0. The molecule has 0 saturated carbocycles. The van der Waals surface area contributed by atoms with Gasteiger partial charge < -0.3 is 9.73 Å². The fourth-order valence-electron chi connectivity index (χ4n) is 1.12. The Morgan fingerprint density at radius 3 is 2.71 bits per heavy atom. The Bertz CT molecular complexity index is 250. The van der Waals surface area contributed by atoms with Crippen molar-refractivity contribution >= 4 is 23.5 Å². The van der Waals surface area contributed by atoms with E-state index in [1.807, 2.05) is 11.8 Å². The van der Waals surface area contributed by atoms with E-state index < -0.39 is 0 Å².